The van der Waals surface area contributed by atoms with Gasteiger partial charge in [-0.05, 0) is 6.42 Å². The topological polar surface area (TPSA) is 111 Å². The Bertz CT molecular complexity index is 346. The van der Waals surface area contributed by atoms with Crippen molar-refractivity contribution < 1.29 is 28.3 Å². The minimum Gasteiger partial charge on any atom is -0.388 e. The van der Waals surface area contributed by atoms with Crippen LogP contribution in [0.5, 0.6) is 0 Å². The van der Waals surface area contributed by atoms with E-state index in [1.807, 2.05) is 0 Å². The molecule has 4 N–H and O–H groups in total. The molecule has 0 amide bonds. The summed E-state index contributed by atoms with van der Waals surface area (Å²) in [5.41, 5.74) is 5.17. The summed E-state index contributed by atoms with van der Waals surface area (Å²) in [7, 11) is -4.13. The summed E-state index contributed by atoms with van der Waals surface area (Å²) < 4.78 is 26.0. The average molecular weight is 397 g/mol. The Hall–Kier alpha value is -0.0100. The zero-order chi connectivity index (χ0) is 19.5. The summed E-state index contributed by atoms with van der Waals surface area (Å²) in [6.07, 6.45) is 13.1. The molecule has 8 heteroatoms. The van der Waals surface area contributed by atoms with Crippen molar-refractivity contribution in [2.24, 2.45) is 5.73 Å². The van der Waals surface area contributed by atoms with E-state index in [0.29, 0.717) is 6.61 Å². The number of aliphatic hydroxyl groups excluding tert-OH is 1. The summed E-state index contributed by atoms with van der Waals surface area (Å²) in [6, 6.07) is 0. The molecule has 0 aromatic rings. The molecule has 0 aliphatic heterocycles. The zero-order valence-corrected chi connectivity index (χ0v) is 17.3. The number of hydrogen-bond donors (Lipinski definition) is 3. The normalized spacial score (nSPS) is 15.1. The Morgan fingerprint density at radius 1 is 0.846 bits per heavy atom. The lowest BCUT2D eigenvalue weighted by Gasteiger charge is -2.15. The highest BCUT2D eigenvalue weighted by molar-refractivity contribution is 7.47. The smallest absolute Gasteiger partial charge is 0.388 e. The van der Waals surface area contributed by atoms with E-state index in [-0.39, 0.29) is 26.4 Å². The first-order valence-corrected chi connectivity index (χ1v) is 11.6. The van der Waals surface area contributed by atoms with Crippen molar-refractivity contribution >= 4 is 7.82 Å². The Labute approximate surface area is 159 Å². The molecule has 0 heterocycles. The summed E-state index contributed by atoms with van der Waals surface area (Å²) >= 11 is 0. The number of ether oxygens (including phenoxy) is 1. The van der Waals surface area contributed by atoms with E-state index in [0.717, 1.165) is 12.8 Å². The van der Waals surface area contributed by atoms with Crippen LogP contribution < -0.4 is 5.73 Å². The number of unbranched alkanes of at least 4 members (excludes halogenated alkanes) is 10. The lowest BCUT2D eigenvalue weighted by molar-refractivity contribution is 0.00230. The van der Waals surface area contributed by atoms with E-state index in [4.69, 9.17) is 10.5 Å². The van der Waals surface area contributed by atoms with Crippen LogP contribution in [0.25, 0.3) is 0 Å². The second-order valence-corrected chi connectivity index (χ2v) is 8.10. The fourth-order valence-electron chi connectivity index (χ4n) is 2.52. The maximum Gasteiger partial charge on any atom is 0.472 e. The maximum atomic E-state index is 11.4. The first kappa shape index (κ1) is 26.0. The van der Waals surface area contributed by atoms with Crippen LogP contribution in [0.15, 0.2) is 0 Å². The lowest BCUT2D eigenvalue weighted by Crippen LogP contribution is -2.22. The largest absolute Gasteiger partial charge is 0.472 e. The molecule has 0 saturated carbocycles. The van der Waals surface area contributed by atoms with Gasteiger partial charge in [-0.2, -0.15) is 0 Å². The molecule has 0 aromatic heterocycles. The molecule has 0 radical (unpaired) electrons. The third kappa shape index (κ3) is 18.8. The number of phosphoric acid groups is 1. The highest BCUT2D eigenvalue weighted by atomic mass is 31.2. The molecule has 0 bridgehead atoms. The summed E-state index contributed by atoms with van der Waals surface area (Å²) in [4.78, 5) is 9.28. The van der Waals surface area contributed by atoms with Crippen molar-refractivity contribution in [3.63, 3.8) is 0 Å². The van der Waals surface area contributed by atoms with E-state index < -0.39 is 13.9 Å². The first-order chi connectivity index (χ1) is 12.5. The molecule has 0 aliphatic carbocycles. The van der Waals surface area contributed by atoms with E-state index in [2.05, 4.69) is 16.0 Å². The second kappa shape index (κ2) is 18.4. The van der Waals surface area contributed by atoms with Crippen LogP contribution in [0.2, 0.25) is 0 Å². The van der Waals surface area contributed by atoms with Gasteiger partial charge in [-0.25, -0.2) is 4.57 Å². The third-order valence-electron chi connectivity index (χ3n) is 4.00. The minimum absolute atomic E-state index is 0.0702. The van der Waals surface area contributed by atoms with Crippen molar-refractivity contribution in [1.82, 2.24) is 0 Å². The SMILES string of the molecule is CCCCCCCCCCCCCOCC(O)COP(=O)(O)OCCN. The standard InChI is InChI=1S/C18H40NO6P/c1-2-3-4-5-6-7-8-9-10-11-12-14-23-16-18(20)17-25-26(21,22)24-15-13-19/h18,20H,2-17,19H2,1H3,(H,21,22). The van der Waals surface area contributed by atoms with Crippen LogP contribution in [-0.2, 0) is 18.3 Å². The van der Waals surface area contributed by atoms with Gasteiger partial charge in [-0.15, -0.1) is 0 Å². The van der Waals surface area contributed by atoms with E-state index in [1.54, 1.807) is 0 Å². The Morgan fingerprint density at radius 2 is 1.38 bits per heavy atom. The minimum atomic E-state index is -4.13. The maximum absolute atomic E-state index is 11.4. The molecule has 0 aliphatic rings. The molecule has 0 saturated heterocycles. The van der Waals surface area contributed by atoms with Gasteiger partial charge < -0.3 is 20.5 Å². The second-order valence-electron chi connectivity index (χ2n) is 6.65. The van der Waals surface area contributed by atoms with Crippen molar-refractivity contribution in [1.29, 1.82) is 0 Å². The molecule has 0 fully saturated rings. The van der Waals surface area contributed by atoms with Gasteiger partial charge in [0.05, 0.1) is 19.8 Å². The van der Waals surface area contributed by atoms with Gasteiger partial charge >= 0.3 is 7.82 Å². The highest BCUT2D eigenvalue weighted by Gasteiger charge is 2.22. The van der Waals surface area contributed by atoms with Gasteiger partial charge in [0.1, 0.15) is 6.10 Å². The number of rotatable bonds is 20. The molecule has 2 unspecified atom stereocenters. The molecule has 2 atom stereocenters. The summed E-state index contributed by atoms with van der Waals surface area (Å²) in [5.74, 6) is 0. The molecular formula is C18H40NO6P. The van der Waals surface area contributed by atoms with Crippen molar-refractivity contribution in [3.8, 4) is 0 Å². The van der Waals surface area contributed by atoms with Crippen LogP contribution in [0.4, 0.5) is 0 Å². The summed E-state index contributed by atoms with van der Waals surface area (Å²) in [5, 5.41) is 9.65. The van der Waals surface area contributed by atoms with Gasteiger partial charge in [0.2, 0.25) is 0 Å². The number of aliphatic hydroxyl groups is 1. The first-order valence-electron chi connectivity index (χ1n) is 10.1. The number of hydrogen-bond acceptors (Lipinski definition) is 6. The van der Waals surface area contributed by atoms with Gasteiger partial charge in [-0.1, -0.05) is 71.1 Å². The van der Waals surface area contributed by atoms with Crippen molar-refractivity contribution in [2.75, 3.05) is 33.0 Å². The Morgan fingerprint density at radius 3 is 1.92 bits per heavy atom. The Balaban J connectivity index is 3.33. The van der Waals surface area contributed by atoms with Gasteiger partial charge in [0, 0.05) is 13.2 Å². The van der Waals surface area contributed by atoms with Gasteiger partial charge in [0.25, 0.3) is 0 Å². The average Bonchev–Trinajstić information content (AvgIpc) is 2.62. The highest BCUT2D eigenvalue weighted by Crippen LogP contribution is 2.42. The van der Waals surface area contributed by atoms with Crippen molar-refractivity contribution in [2.45, 2.75) is 83.7 Å². The van der Waals surface area contributed by atoms with Gasteiger partial charge in [-0.3, -0.25) is 9.05 Å². The molecule has 158 valence electrons. The zero-order valence-electron chi connectivity index (χ0n) is 16.4. The fourth-order valence-corrected chi connectivity index (χ4v) is 3.29. The van der Waals surface area contributed by atoms with Crippen LogP contribution in [0, 0.1) is 0 Å². The molecular weight excluding hydrogens is 357 g/mol. The van der Waals surface area contributed by atoms with Crippen LogP contribution in [0.3, 0.4) is 0 Å². The molecule has 0 rings (SSSR count). The fraction of sp³-hybridized carbons (Fsp3) is 1.00. The van der Waals surface area contributed by atoms with Crippen molar-refractivity contribution in [3.05, 3.63) is 0 Å². The van der Waals surface area contributed by atoms with Crippen LogP contribution in [-0.4, -0.2) is 49.1 Å². The van der Waals surface area contributed by atoms with Crippen LogP contribution >= 0.6 is 7.82 Å². The van der Waals surface area contributed by atoms with Gasteiger partial charge in [0.15, 0.2) is 0 Å². The van der Waals surface area contributed by atoms with Crippen LogP contribution in [0.1, 0.15) is 77.6 Å². The molecule has 0 spiro atoms. The monoisotopic (exact) mass is 397 g/mol. The lowest BCUT2D eigenvalue weighted by atomic mass is 10.1. The Kier molecular flexibility index (Phi) is 18.4. The van der Waals surface area contributed by atoms with E-state index >= 15 is 0 Å². The molecule has 7 nitrogen and oxygen atoms in total. The summed E-state index contributed by atoms with van der Waals surface area (Å²) in [6.45, 7) is 2.64. The molecule has 0 aromatic carbocycles. The number of phosphoric ester groups is 1. The third-order valence-corrected chi connectivity index (χ3v) is 4.99. The predicted molar refractivity (Wildman–Crippen MR) is 104 cm³/mol. The van der Waals surface area contributed by atoms with E-state index in [1.165, 1.54) is 57.8 Å². The predicted octanol–water partition coefficient (Wildman–Crippen LogP) is 3.77. The molecule has 26 heavy (non-hydrogen) atoms. The quantitative estimate of drug-likeness (QED) is 0.212. The number of nitrogens with two attached hydrogens (primary N) is 1. The van der Waals surface area contributed by atoms with E-state index in [9.17, 15) is 14.6 Å².